The predicted molar refractivity (Wildman–Crippen MR) is 99.9 cm³/mol. The first-order valence-electron chi connectivity index (χ1n) is 8.42. The van der Waals surface area contributed by atoms with E-state index in [-0.39, 0.29) is 16.8 Å². The zero-order chi connectivity index (χ0) is 19.1. The van der Waals surface area contributed by atoms with Crippen LogP contribution in [-0.2, 0) is 0 Å². The monoisotopic (exact) mass is 374 g/mol. The lowest BCUT2D eigenvalue weighted by Crippen LogP contribution is -2.53. The highest BCUT2D eigenvalue weighted by molar-refractivity contribution is 6.29. The highest BCUT2D eigenvalue weighted by Gasteiger charge is 2.46. The molecule has 0 aromatic carbocycles. The zero-order valence-electron chi connectivity index (χ0n) is 15.1. The number of nitrogens with zero attached hydrogens (tertiary/aromatic N) is 3. The molecule has 1 aromatic heterocycles. The molecule has 3 rings (SSSR count). The molecule has 1 saturated heterocycles. The number of ether oxygens (including phenoxy) is 1. The Hall–Kier alpha value is -2.59. The molecule has 26 heavy (non-hydrogen) atoms. The first kappa shape index (κ1) is 18.2. The van der Waals surface area contributed by atoms with Crippen molar-refractivity contribution in [2.24, 2.45) is 11.5 Å². The van der Waals surface area contributed by atoms with Gasteiger partial charge < -0.3 is 26.4 Å². The van der Waals surface area contributed by atoms with E-state index in [2.05, 4.69) is 28.2 Å². The van der Waals surface area contributed by atoms with Crippen LogP contribution in [0.3, 0.4) is 0 Å². The third-order valence-corrected chi connectivity index (χ3v) is 5.07. The molecule has 2 atom stereocenters. The van der Waals surface area contributed by atoms with Gasteiger partial charge in [0, 0.05) is 13.0 Å². The molecule has 0 spiro atoms. The second kappa shape index (κ2) is 6.61. The number of nitrogens with two attached hydrogens (primary N) is 2. The fourth-order valence-corrected chi connectivity index (χ4v) is 3.73. The molecule has 7 nitrogen and oxygen atoms in total. The number of allylic oxidation sites excluding steroid dienone is 1. The molecule has 0 bridgehead atoms. The number of fused-ring (bicyclic) bond motifs is 1. The van der Waals surface area contributed by atoms with Gasteiger partial charge in [-0.2, -0.15) is 5.26 Å². The lowest BCUT2D eigenvalue weighted by Gasteiger charge is -2.42. The van der Waals surface area contributed by atoms with Crippen LogP contribution in [0.25, 0.3) is 0 Å². The van der Waals surface area contributed by atoms with Gasteiger partial charge in [-0.05, 0) is 38.5 Å². The number of nitriles is 1. The summed E-state index contributed by atoms with van der Waals surface area (Å²) in [6.45, 7) is 7.23. The second-order valence-electron chi connectivity index (χ2n) is 7.08. The second-order valence-corrected chi connectivity index (χ2v) is 7.52. The summed E-state index contributed by atoms with van der Waals surface area (Å²) >= 11 is 5.87. The molecule has 0 amide bonds. The lowest BCUT2D eigenvalue weighted by atomic mass is 9.95. The normalized spacial score (nSPS) is 25.6. The molecule has 5 N–H and O–H groups in total. The molecule has 0 saturated carbocycles. The Kier molecular flexibility index (Phi) is 4.63. The fourth-order valence-electron chi connectivity index (χ4n) is 3.63. The van der Waals surface area contributed by atoms with Crippen LogP contribution < -0.4 is 21.5 Å². The van der Waals surface area contributed by atoms with E-state index in [9.17, 15) is 0 Å². The van der Waals surface area contributed by atoms with Crippen molar-refractivity contribution in [1.82, 2.24) is 15.2 Å². The van der Waals surface area contributed by atoms with Gasteiger partial charge in [-0.15, -0.1) is 0 Å². The summed E-state index contributed by atoms with van der Waals surface area (Å²) in [6.07, 6.45) is 2.44. The van der Waals surface area contributed by atoms with E-state index in [1.54, 1.807) is 6.08 Å². The van der Waals surface area contributed by atoms with Crippen molar-refractivity contribution in [3.63, 3.8) is 0 Å². The lowest BCUT2D eigenvalue weighted by molar-refractivity contribution is 0.187. The summed E-state index contributed by atoms with van der Waals surface area (Å²) < 4.78 is 6.24. The van der Waals surface area contributed by atoms with Gasteiger partial charge in [0.15, 0.2) is 0 Å². The SMILES string of the molecule is Cc1cc(OC2CN3C(/C=C(\N)Cl)=C(N)NCC3(C)C2)c(C)nc1C#N. The molecule has 1 aromatic rings. The van der Waals surface area contributed by atoms with Crippen LogP contribution in [0.2, 0.25) is 0 Å². The summed E-state index contributed by atoms with van der Waals surface area (Å²) in [4.78, 5) is 6.52. The third kappa shape index (κ3) is 3.25. The van der Waals surface area contributed by atoms with E-state index in [0.717, 1.165) is 17.7 Å². The first-order chi connectivity index (χ1) is 12.2. The molecule has 2 unspecified atom stereocenters. The summed E-state index contributed by atoms with van der Waals surface area (Å²) in [5.74, 6) is 1.26. The van der Waals surface area contributed by atoms with Crippen LogP contribution in [0.5, 0.6) is 5.75 Å². The van der Waals surface area contributed by atoms with E-state index in [4.69, 9.17) is 33.1 Å². The van der Waals surface area contributed by atoms with Gasteiger partial charge >= 0.3 is 0 Å². The number of hydrogen-bond donors (Lipinski definition) is 3. The first-order valence-corrected chi connectivity index (χ1v) is 8.80. The van der Waals surface area contributed by atoms with Crippen molar-refractivity contribution in [2.45, 2.75) is 38.8 Å². The highest BCUT2D eigenvalue weighted by Crippen LogP contribution is 2.38. The van der Waals surface area contributed by atoms with E-state index in [1.165, 1.54) is 0 Å². The minimum atomic E-state index is -0.158. The number of aryl methyl sites for hydroxylation is 2. The number of aromatic nitrogens is 1. The molecule has 3 heterocycles. The molecular formula is C18H23ClN6O. The van der Waals surface area contributed by atoms with Crippen LogP contribution in [0, 0.1) is 25.2 Å². The third-order valence-electron chi connectivity index (χ3n) is 4.96. The Morgan fingerprint density at radius 1 is 1.58 bits per heavy atom. The number of nitrogens with one attached hydrogen (secondary N) is 1. The molecule has 0 aliphatic carbocycles. The molecule has 138 valence electrons. The maximum absolute atomic E-state index is 9.11. The number of rotatable bonds is 3. The van der Waals surface area contributed by atoms with Crippen molar-refractivity contribution >= 4 is 11.6 Å². The fraction of sp³-hybridized carbons (Fsp3) is 0.444. The maximum Gasteiger partial charge on any atom is 0.143 e. The summed E-state index contributed by atoms with van der Waals surface area (Å²) in [5.41, 5.74) is 14.3. The number of hydrogen-bond acceptors (Lipinski definition) is 7. The topological polar surface area (TPSA) is 113 Å². The van der Waals surface area contributed by atoms with Crippen molar-refractivity contribution in [3.05, 3.63) is 45.8 Å². The summed E-state index contributed by atoms with van der Waals surface area (Å²) in [7, 11) is 0. The smallest absolute Gasteiger partial charge is 0.143 e. The minimum absolute atomic E-state index is 0.0412. The zero-order valence-corrected chi connectivity index (χ0v) is 15.9. The van der Waals surface area contributed by atoms with Crippen LogP contribution >= 0.6 is 11.6 Å². The molecular weight excluding hydrogens is 352 g/mol. The van der Waals surface area contributed by atoms with Crippen molar-refractivity contribution < 1.29 is 4.74 Å². The Labute approximate surface area is 158 Å². The predicted octanol–water partition coefficient (Wildman–Crippen LogP) is 1.55. The van der Waals surface area contributed by atoms with Gasteiger partial charge in [0.25, 0.3) is 0 Å². The van der Waals surface area contributed by atoms with Crippen molar-refractivity contribution in [3.8, 4) is 11.8 Å². The average Bonchev–Trinajstić information content (AvgIpc) is 2.90. The largest absolute Gasteiger partial charge is 0.487 e. The highest BCUT2D eigenvalue weighted by atomic mass is 35.5. The van der Waals surface area contributed by atoms with Crippen LogP contribution in [0.1, 0.15) is 30.3 Å². The molecule has 8 heteroatoms. The number of halogens is 1. The summed E-state index contributed by atoms with van der Waals surface area (Å²) in [6, 6.07) is 3.97. The summed E-state index contributed by atoms with van der Waals surface area (Å²) in [5, 5.41) is 12.5. The van der Waals surface area contributed by atoms with Gasteiger partial charge in [-0.1, -0.05) is 11.6 Å². The maximum atomic E-state index is 9.11. The van der Waals surface area contributed by atoms with E-state index in [0.29, 0.717) is 36.0 Å². The molecule has 1 fully saturated rings. The number of pyridine rings is 1. The van der Waals surface area contributed by atoms with Crippen LogP contribution in [-0.4, -0.2) is 34.6 Å². The molecule has 2 aliphatic heterocycles. The van der Waals surface area contributed by atoms with Gasteiger partial charge in [-0.25, -0.2) is 4.98 Å². The van der Waals surface area contributed by atoms with Crippen molar-refractivity contribution in [2.75, 3.05) is 13.1 Å². The quantitative estimate of drug-likeness (QED) is 0.688. The van der Waals surface area contributed by atoms with Gasteiger partial charge in [0.05, 0.1) is 23.5 Å². The van der Waals surface area contributed by atoms with E-state index >= 15 is 0 Å². The standard InChI is InChI=1S/C18H23ClN6O/c1-10-4-15(11(2)24-13(10)7-20)26-12-6-18(3)9-23-17(22)14(5-16(19)21)25(18)8-12/h4-5,12,23H,6,8-9,21-22H2,1-3H3/b16-5-. The Balaban J connectivity index is 1.85. The Morgan fingerprint density at radius 3 is 2.96 bits per heavy atom. The average molecular weight is 375 g/mol. The van der Waals surface area contributed by atoms with E-state index < -0.39 is 0 Å². The van der Waals surface area contributed by atoms with Crippen molar-refractivity contribution in [1.29, 1.82) is 5.26 Å². The minimum Gasteiger partial charge on any atom is -0.487 e. The van der Waals surface area contributed by atoms with Crippen LogP contribution in [0.4, 0.5) is 0 Å². The molecule has 0 radical (unpaired) electrons. The van der Waals surface area contributed by atoms with Gasteiger partial charge in [0.2, 0.25) is 0 Å². The van der Waals surface area contributed by atoms with Gasteiger partial charge in [0.1, 0.15) is 34.6 Å². The Morgan fingerprint density at radius 2 is 2.31 bits per heavy atom. The van der Waals surface area contributed by atoms with Gasteiger partial charge in [-0.3, -0.25) is 0 Å². The Bertz CT molecular complexity index is 839. The van der Waals surface area contributed by atoms with Crippen LogP contribution in [0.15, 0.2) is 28.8 Å². The molecule has 2 aliphatic rings. The van der Waals surface area contributed by atoms with E-state index in [1.807, 2.05) is 19.9 Å².